The lowest BCUT2D eigenvalue weighted by Crippen LogP contribution is -2.35. The molecule has 0 bridgehead atoms. The molecule has 0 unspecified atom stereocenters. The lowest BCUT2D eigenvalue weighted by molar-refractivity contribution is 0.0337. The van der Waals surface area contributed by atoms with Gasteiger partial charge in [0.2, 0.25) is 0 Å². The van der Waals surface area contributed by atoms with E-state index in [0.29, 0.717) is 0 Å². The Kier molecular flexibility index (Phi) is 5.26. The van der Waals surface area contributed by atoms with Crippen molar-refractivity contribution < 1.29 is 9.47 Å². The van der Waals surface area contributed by atoms with Crippen LogP contribution in [0.2, 0.25) is 0 Å². The average Bonchev–Trinajstić information content (AvgIpc) is 3.01. The summed E-state index contributed by atoms with van der Waals surface area (Å²) in [6, 6.07) is 8.07. The maximum absolute atomic E-state index is 5.37. The van der Waals surface area contributed by atoms with Crippen LogP contribution in [0.4, 0.5) is 5.13 Å². The third kappa shape index (κ3) is 4.19. The van der Waals surface area contributed by atoms with E-state index in [4.69, 9.17) is 9.47 Å². The molecule has 1 N–H and O–H groups in total. The average molecular weight is 319 g/mol. The first kappa shape index (κ1) is 15.3. The van der Waals surface area contributed by atoms with E-state index in [-0.39, 0.29) is 0 Å². The smallest absolute Gasteiger partial charge is 0.183 e. The molecule has 0 saturated carbocycles. The summed E-state index contributed by atoms with van der Waals surface area (Å²) >= 11 is 1.66. The third-order valence-corrected chi connectivity index (χ3v) is 4.47. The highest BCUT2D eigenvalue weighted by atomic mass is 32.1. The highest BCUT2D eigenvalue weighted by Crippen LogP contribution is 2.19. The second-order valence-electron chi connectivity index (χ2n) is 5.24. The van der Waals surface area contributed by atoms with Gasteiger partial charge in [-0.3, -0.25) is 4.90 Å². The summed E-state index contributed by atoms with van der Waals surface area (Å²) in [7, 11) is 1.69. The van der Waals surface area contributed by atoms with Crippen molar-refractivity contribution in [2.75, 3.05) is 38.7 Å². The van der Waals surface area contributed by atoms with Gasteiger partial charge in [-0.05, 0) is 17.7 Å². The second-order valence-corrected chi connectivity index (χ2v) is 6.10. The Morgan fingerprint density at radius 3 is 3.05 bits per heavy atom. The molecule has 1 saturated heterocycles. The SMILES string of the molecule is COc1cccc(CNc2nc(CN3CCOCC3)cs2)c1. The van der Waals surface area contributed by atoms with Gasteiger partial charge in [0.05, 0.1) is 26.0 Å². The third-order valence-electron chi connectivity index (χ3n) is 3.62. The number of hydrogen-bond acceptors (Lipinski definition) is 6. The first-order valence-corrected chi connectivity index (χ1v) is 8.33. The molecule has 118 valence electrons. The van der Waals surface area contributed by atoms with E-state index in [1.165, 1.54) is 5.56 Å². The quantitative estimate of drug-likeness (QED) is 0.887. The van der Waals surface area contributed by atoms with Crippen LogP contribution in [-0.2, 0) is 17.8 Å². The zero-order chi connectivity index (χ0) is 15.2. The maximum Gasteiger partial charge on any atom is 0.183 e. The van der Waals surface area contributed by atoms with Crippen molar-refractivity contribution in [1.82, 2.24) is 9.88 Å². The lowest BCUT2D eigenvalue weighted by Gasteiger charge is -2.25. The molecule has 1 fully saturated rings. The Morgan fingerprint density at radius 1 is 1.36 bits per heavy atom. The summed E-state index contributed by atoms with van der Waals surface area (Å²) in [6.07, 6.45) is 0. The summed E-state index contributed by atoms with van der Waals surface area (Å²) in [4.78, 5) is 7.04. The minimum atomic E-state index is 0.752. The molecular formula is C16H21N3O2S. The van der Waals surface area contributed by atoms with E-state index in [2.05, 4.69) is 26.6 Å². The molecule has 6 heteroatoms. The monoisotopic (exact) mass is 319 g/mol. The predicted molar refractivity (Wildman–Crippen MR) is 88.5 cm³/mol. The van der Waals surface area contributed by atoms with Crippen LogP contribution in [0.1, 0.15) is 11.3 Å². The molecule has 22 heavy (non-hydrogen) atoms. The van der Waals surface area contributed by atoms with Crippen molar-refractivity contribution in [1.29, 1.82) is 0 Å². The number of nitrogens with zero attached hydrogens (tertiary/aromatic N) is 2. The first-order valence-electron chi connectivity index (χ1n) is 7.45. The minimum absolute atomic E-state index is 0.752. The minimum Gasteiger partial charge on any atom is -0.497 e. The molecule has 1 aromatic heterocycles. The molecular weight excluding hydrogens is 298 g/mol. The number of hydrogen-bond donors (Lipinski definition) is 1. The van der Waals surface area contributed by atoms with Gasteiger partial charge in [-0.15, -0.1) is 11.3 Å². The van der Waals surface area contributed by atoms with Crippen molar-refractivity contribution in [3.8, 4) is 5.75 Å². The number of rotatable bonds is 6. The zero-order valence-electron chi connectivity index (χ0n) is 12.7. The van der Waals surface area contributed by atoms with Gasteiger partial charge in [0.1, 0.15) is 5.75 Å². The number of methoxy groups -OCH3 is 1. The molecule has 2 heterocycles. The van der Waals surface area contributed by atoms with Crippen molar-refractivity contribution in [3.63, 3.8) is 0 Å². The summed E-state index contributed by atoms with van der Waals surface area (Å²) in [5, 5.41) is 6.47. The van der Waals surface area contributed by atoms with Crippen LogP contribution >= 0.6 is 11.3 Å². The Hall–Kier alpha value is -1.63. The van der Waals surface area contributed by atoms with Crippen molar-refractivity contribution >= 4 is 16.5 Å². The molecule has 2 aromatic rings. The van der Waals surface area contributed by atoms with E-state index < -0.39 is 0 Å². The molecule has 3 rings (SSSR count). The van der Waals surface area contributed by atoms with Gasteiger partial charge >= 0.3 is 0 Å². The Morgan fingerprint density at radius 2 is 2.23 bits per heavy atom. The van der Waals surface area contributed by atoms with E-state index in [1.54, 1.807) is 18.4 Å². The Labute approximate surface area is 134 Å². The van der Waals surface area contributed by atoms with Crippen molar-refractivity contribution in [2.45, 2.75) is 13.1 Å². The van der Waals surface area contributed by atoms with Crippen LogP contribution in [-0.4, -0.2) is 43.3 Å². The highest BCUT2D eigenvalue weighted by molar-refractivity contribution is 7.13. The first-order chi connectivity index (χ1) is 10.8. The largest absolute Gasteiger partial charge is 0.497 e. The molecule has 1 aromatic carbocycles. The van der Waals surface area contributed by atoms with Gasteiger partial charge in [-0.1, -0.05) is 12.1 Å². The number of benzene rings is 1. The fourth-order valence-corrected chi connectivity index (χ4v) is 3.11. The number of nitrogens with one attached hydrogen (secondary N) is 1. The predicted octanol–water partition coefficient (Wildman–Crippen LogP) is 2.60. The van der Waals surface area contributed by atoms with Gasteiger partial charge in [-0.2, -0.15) is 0 Å². The van der Waals surface area contributed by atoms with Crippen LogP contribution in [0.5, 0.6) is 5.75 Å². The summed E-state index contributed by atoms with van der Waals surface area (Å²) in [6.45, 7) is 5.28. The molecule has 0 amide bonds. The van der Waals surface area contributed by atoms with Gasteiger partial charge in [0.25, 0.3) is 0 Å². The fraction of sp³-hybridized carbons (Fsp3) is 0.438. The molecule has 0 aliphatic carbocycles. The number of aromatic nitrogens is 1. The molecule has 1 aliphatic rings. The molecule has 0 radical (unpaired) electrons. The second kappa shape index (κ2) is 7.58. The van der Waals surface area contributed by atoms with Crippen LogP contribution in [0.3, 0.4) is 0 Å². The Bertz CT molecular complexity index is 597. The number of ether oxygens (including phenoxy) is 2. The summed E-state index contributed by atoms with van der Waals surface area (Å²) < 4.78 is 10.6. The molecule has 0 spiro atoms. The van der Waals surface area contributed by atoms with E-state index in [0.717, 1.165) is 56.0 Å². The number of anilines is 1. The highest BCUT2D eigenvalue weighted by Gasteiger charge is 2.12. The normalized spacial score (nSPS) is 15.7. The summed E-state index contributed by atoms with van der Waals surface area (Å²) in [5.74, 6) is 0.881. The zero-order valence-corrected chi connectivity index (χ0v) is 13.6. The van der Waals surface area contributed by atoms with Crippen LogP contribution < -0.4 is 10.1 Å². The summed E-state index contributed by atoms with van der Waals surface area (Å²) in [5.41, 5.74) is 2.31. The molecule has 0 atom stereocenters. The van der Waals surface area contributed by atoms with Crippen molar-refractivity contribution in [2.24, 2.45) is 0 Å². The van der Waals surface area contributed by atoms with E-state index in [1.807, 2.05) is 18.2 Å². The number of morpholine rings is 1. The standard InChI is InChI=1S/C16H21N3O2S/c1-20-15-4-2-3-13(9-15)10-17-16-18-14(12-22-16)11-19-5-7-21-8-6-19/h2-4,9,12H,5-8,10-11H2,1H3,(H,17,18). The van der Waals surface area contributed by atoms with Crippen molar-refractivity contribution in [3.05, 3.63) is 40.9 Å². The molecule has 1 aliphatic heterocycles. The fourth-order valence-electron chi connectivity index (χ4n) is 2.41. The van der Waals surface area contributed by atoms with Crippen LogP contribution in [0.25, 0.3) is 0 Å². The van der Waals surface area contributed by atoms with E-state index in [9.17, 15) is 0 Å². The maximum atomic E-state index is 5.37. The topological polar surface area (TPSA) is 46.6 Å². The van der Waals surface area contributed by atoms with Crippen LogP contribution in [0.15, 0.2) is 29.6 Å². The Balaban J connectivity index is 1.52. The van der Waals surface area contributed by atoms with E-state index >= 15 is 0 Å². The lowest BCUT2D eigenvalue weighted by atomic mass is 10.2. The van der Waals surface area contributed by atoms with Gasteiger partial charge < -0.3 is 14.8 Å². The van der Waals surface area contributed by atoms with Crippen LogP contribution in [0, 0.1) is 0 Å². The number of thiazole rings is 1. The van der Waals surface area contributed by atoms with Gasteiger partial charge in [0.15, 0.2) is 5.13 Å². The molecule has 5 nitrogen and oxygen atoms in total. The van der Waals surface area contributed by atoms with Gasteiger partial charge in [0, 0.05) is 31.6 Å². The van der Waals surface area contributed by atoms with Gasteiger partial charge in [-0.25, -0.2) is 4.98 Å².